The summed E-state index contributed by atoms with van der Waals surface area (Å²) in [6.07, 6.45) is -2.02. The number of aromatic carboxylic acids is 1. The van der Waals surface area contributed by atoms with Crippen molar-refractivity contribution in [3.63, 3.8) is 0 Å². The molecular formula is C14H14O7. The van der Waals surface area contributed by atoms with Crippen molar-refractivity contribution in [3.8, 4) is 0 Å². The van der Waals surface area contributed by atoms with Crippen molar-refractivity contribution in [1.82, 2.24) is 0 Å². The van der Waals surface area contributed by atoms with Crippen LogP contribution in [-0.4, -0.2) is 40.5 Å². The van der Waals surface area contributed by atoms with E-state index < -0.39 is 30.3 Å². The highest BCUT2D eigenvalue weighted by Crippen LogP contribution is 2.13. The molecule has 1 rings (SSSR count). The first-order chi connectivity index (χ1) is 9.86. The molecule has 7 heteroatoms. The standard InChI is InChI=1S/C14H14O7/c1-3-11(16)20-14(8(2)15)21-13(19)10-7-5-4-6-9(10)12(17)18/h3-8,14-15H,1H2,2H3,(H,17,18). The quantitative estimate of drug-likeness (QED) is 0.457. The minimum Gasteiger partial charge on any atom is -0.478 e. The Balaban J connectivity index is 2.95. The summed E-state index contributed by atoms with van der Waals surface area (Å²) in [5.41, 5.74) is -0.479. The summed E-state index contributed by atoms with van der Waals surface area (Å²) >= 11 is 0. The molecular weight excluding hydrogens is 280 g/mol. The van der Waals surface area contributed by atoms with Gasteiger partial charge in [-0.2, -0.15) is 0 Å². The van der Waals surface area contributed by atoms with Crippen LogP contribution in [0.1, 0.15) is 27.6 Å². The number of hydrogen-bond acceptors (Lipinski definition) is 6. The van der Waals surface area contributed by atoms with Crippen molar-refractivity contribution in [2.75, 3.05) is 0 Å². The maximum Gasteiger partial charge on any atom is 0.342 e. The van der Waals surface area contributed by atoms with Crippen LogP contribution in [0.3, 0.4) is 0 Å². The van der Waals surface area contributed by atoms with E-state index in [1.807, 2.05) is 0 Å². The SMILES string of the molecule is C=CC(=O)OC(OC(=O)c1ccccc1C(=O)O)C(C)O. The molecule has 0 aliphatic carbocycles. The Labute approximate surface area is 120 Å². The molecule has 2 N–H and O–H groups in total. The minimum absolute atomic E-state index is 0.217. The lowest BCUT2D eigenvalue weighted by Gasteiger charge is -2.20. The van der Waals surface area contributed by atoms with Crippen molar-refractivity contribution in [2.45, 2.75) is 19.3 Å². The number of benzene rings is 1. The Morgan fingerprint density at radius 1 is 1.19 bits per heavy atom. The Bertz CT molecular complexity index is 562. The molecule has 2 unspecified atom stereocenters. The molecule has 0 aromatic heterocycles. The van der Waals surface area contributed by atoms with E-state index in [0.717, 1.165) is 6.08 Å². The second-order valence-corrected chi connectivity index (χ2v) is 4.01. The van der Waals surface area contributed by atoms with Crippen molar-refractivity contribution >= 4 is 17.9 Å². The molecule has 1 aromatic carbocycles. The number of carboxylic acids is 1. The first kappa shape index (κ1) is 16.4. The minimum atomic E-state index is -1.56. The van der Waals surface area contributed by atoms with Gasteiger partial charge in [0.15, 0.2) is 0 Å². The van der Waals surface area contributed by atoms with Crippen LogP contribution in [0.2, 0.25) is 0 Å². The van der Waals surface area contributed by atoms with E-state index in [0.29, 0.717) is 0 Å². The van der Waals surface area contributed by atoms with Gasteiger partial charge in [-0.1, -0.05) is 18.7 Å². The number of rotatable bonds is 6. The average Bonchev–Trinajstić information content (AvgIpc) is 2.45. The van der Waals surface area contributed by atoms with Gasteiger partial charge in [-0.3, -0.25) is 0 Å². The molecule has 112 valence electrons. The van der Waals surface area contributed by atoms with Crippen LogP contribution in [0.15, 0.2) is 36.9 Å². The van der Waals surface area contributed by atoms with E-state index in [9.17, 15) is 19.5 Å². The normalized spacial score (nSPS) is 12.9. The molecule has 0 fully saturated rings. The predicted molar refractivity (Wildman–Crippen MR) is 70.6 cm³/mol. The molecule has 1 aromatic rings. The monoisotopic (exact) mass is 294 g/mol. The van der Waals surface area contributed by atoms with Crippen LogP contribution in [-0.2, 0) is 14.3 Å². The van der Waals surface area contributed by atoms with Gasteiger partial charge in [-0.05, 0) is 19.1 Å². The maximum absolute atomic E-state index is 11.9. The molecule has 0 radical (unpaired) electrons. The number of ether oxygens (including phenoxy) is 2. The third-order valence-electron chi connectivity index (χ3n) is 2.39. The van der Waals surface area contributed by atoms with Gasteiger partial charge in [-0.15, -0.1) is 0 Å². The van der Waals surface area contributed by atoms with Crippen molar-refractivity contribution < 1.29 is 34.1 Å². The van der Waals surface area contributed by atoms with Gasteiger partial charge in [0, 0.05) is 6.08 Å². The maximum atomic E-state index is 11.9. The van der Waals surface area contributed by atoms with E-state index in [2.05, 4.69) is 11.3 Å². The summed E-state index contributed by atoms with van der Waals surface area (Å²) in [5, 5.41) is 18.4. The van der Waals surface area contributed by atoms with Gasteiger partial charge < -0.3 is 19.7 Å². The largest absolute Gasteiger partial charge is 0.478 e. The molecule has 0 saturated heterocycles. The van der Waals surface area contributed by atoms with Crippen LogP contribution in [0.5, 0.6) is 0 Å². The zero-order chi connectivity index (χ0) is 16.0. The van der Waals surface area contributed by atoms with Gasteiger partial charge in [0.2, 0.25) is 0 Å². The fourth-order valence-electron chi connectivity index (χ4n) is 1.40. The number of aliphatic hydroxyl groups is 1. The number of aliphatic hydroxyl groups excluding tert-OH is 1. The van der Waals surface area contributed by atoms with Gasteiger partial charge in [0.25, 0.3) is 6.29 Å². The zero-order valence-corrected chi connectivity index (χ0v) is 11.2. The topological polar surface area (TPSA) is 110 Å². The van der Waals surface area contributed by atoms with Crippen LogP contribution in [0.4, 0.5) is 0 Å². The molecule has 0 aliphatic heterocycles. The molecule has 0 saturated carbocycles. The van der Waals surface area contributed by atoms with Crippen LogP contribution < -0.4 is 0 Å². The number of esters is 2. The highest BCUT2D eigenvalue weighted by molar-refractivity contribution is 6.02. The highest BCUT2D eigenvalue weighted by Gasteiger charge is 2.26. The molecule has 0 aliphatic rings. The van der Waals surface area contributed by atoms with Crippen molar-refractivity contribution in [3.05, 3.63) is 48.0 Å². The summed E-state index contributed by atoms with van der Waals surface area (Å²) < 4.78 is 9.47. The number of hydrogen-bond donors (Lipinski definition) is 2. The Kier molecular flexibility index (Phi) is 5.62. The lowest BCUT2D eigenvalue weighted by atomic mass is 10.1. The zero-order valence-electron chi connectivity index (χ0n) is 11.2. The van der Waals surface area contributed by atoms with E-state index in [1.54, 1.807) is 0 Å². The lowest BCUT2D eigenvalue weighted by molar-refractivity contribution is -0.179. The Morgan fingerprint density at radius 2 is 1.76 bits per heavy atom. The molecule has 21 heavy (non-hydrogen) atoms. The van der Waals surface area contributed by atoms with Crippen LogP contribution >= 0.6 is 0 Å². The predicted octanol–water partition coefficient (Wildman–Crippen LogP) is 0.978. The molecule has 0 heterocycles. The number of carbonyl (C=O) groups excluding carboxylic acids is 2. The summed E-state index contributed by atoms with van der Waals surface area (Å²) in [5.74, 6) is -3.23. The van der Waals surface area contributed by atoms with Gasteiger partial charge in [0.05, 0.1) is 11.1 Å². The smallest absolute Gasteiger partial charge is 0.342 e. The fourth-order valence-corrected chi connectivity index (χ4v) is 1.40. The van der Waals surface area contributed by atoms with Crippen LogP contribution in [0.25, 0.3) is 0 Å². The lowest BCUT2D eigenvalue weighted by Crippen LogP contribution is -2.33. The highest BCUT2D eigenvalue weighted by atomic mass is 16.7. The first-order valence-corrected chi connectivity index (χ1v) is 5.91. The first-order valence-electron chi connectivity index (χ1n) is 5.91. The van der Waals surface area contributed by atoms with E-state index in [4.69, 9.17) is 9.84 Å². The number of carbonyl (C=O) groups is 3. The molecule has 0 bridgehead atoms. The van der Waals surface area contributed by atoms with Crippen molar-refractivity contribution in [2.24, 2.45) is 0 Å². The summed E-state index contributed by atoms with van der Waals surface area (Å²) in [6, 6.07) is 5.38. The van der Waals surface area contributed by atoms with Gasteiger partial charge >= 0.3 is 17.9 Å². The van der Waals surface area contributed by atoms with E-state index in [1.165, 1.54) is 31.2 Å². The fraction of sp³-hybridized carbons (Fsp3) is 0.214. The van der Waals surface area contributed by atoms with Gasteiger partial charge in [-0.25, -0.2) is 14.4 Å². The number of carboxylic acid groups (broad SMARTS) is 1. The summed E-state index contributed by atoms with van der Waals surface area (Å²) in [4.78, 5) is 34.0. The third-order valence-corrected chi connectivity index (χ3v) is 2.39. The van der Waals surface area contributed by atoms with E-state index >= 15 is 0 Å². The summed E-state index contributed by atoms with van der Waals surface area (Å²) in [6.45, 7) is 4.42. The van der Waals surface area contributed by atoms with E-state index in [-0.39, 0.29) is 11.1 Å². The summed E-state index contributed by atoms with van der Waals surface area (Å²) in [7, 11) is 0. The molecule has 0 spiro atoms. The van der Waals surface area contributed by atoms with Crippen molar-refractivity contribution in [1.29, 1.82) is 0 Å². The molecule has 7 nitrogen and oxygen atoms in total. The second kappa shape index (κ2) is 7.20. The molecule has 0 amide bonds. The second-order valence-electron chi connectivity index (χ2n) is 4.01. The Hall–Kier alpha value is -2.67. The third kappa shape index (κ3) is 4.43. The Morgan fingerprint density at radius 3 is 2.24 bits per heavy atom. The van der Waals surface area contributed by atoms with Gasteiger partial charge in [0.1, 0.15) is 6.10 Å². The molecule has 2 atom stereocenters. The average molecular weight is 294 g/mol. The van der Waals surface area contributed by atoms with Crippen LogP contribution in [0, 0.1) is 0 Å².